The molecule has 1 rings (SSSR count). The van der Waals surface area contributed by atoms with Crippen molar-refractivity contribution in [3.8, 4) is 0 Å². The first-order valence-corrected chi connectivity index (χ1v) is 4.36. The van der Waals surface area contributed by atoms with Gasteiger partial charge in [0.1, 0.15) is 5.82 Å². The number of benzene rings is 1. The molecule has 13 heavy (non-hydrogen) atoms. The molecule has 0 aliphatic heterocycles. The summed E-state index contributed by atoms with van der Waals surface area (Å²) in [5.41, 5.74) is 11.6. The maximum Gasteiger partial charge on any atom is 0.129 e. The number of rotatable bonds is 2. The van der Waals surface area contributed by atoms with Crippen LogP contribution in [0.3, 0.4) is 0 Å². The first-order chi connectivity index (χ1) is 6.02. The van der Waals surface area contributed by atoms with Gasteiger partial charge >= 0.3 is 0 Å². The predicted octanol–water partition coefficient (Wildman–Crippen LogP) is 1.83. The first kappa shape index (κ1) is 10.4. The molecule has 4 heteroatoms. The molecule has 0 saturated heterocycles. The quantitative estimate of drug-likeness (QED) is 0.769. The molecule has 1 aromatic rings. The largest absolute Gasteiger partial charge is 0.326 e. The van der Waals surface area contributed by atoms with Gasteiger partial charge in [-0.3, -0.25) is 0 Å². The number of halogens is 2. The van der Waals surface area contributed by atoms with E-state index in [9.17, 15) is 4.39 Å². The third kappa shape index (κ3) is 2.40. The van der Waals surface area contributed by atoms with E-state index >= 15 is 0 Å². The highest BCUT2D eigenvalue weighted by atomic mass is 35.5. The van der Waals surface area contributed by atoms with Gasteiger partial charge in [0.25, 0.3) is 0 Å². The summed E-state index contributed by atoms with van der Waals surface area (Å²) >= 11 is 5.59. The van der Waals surface area contributed by atoms with Gasteiger partial charge in [-0.1, -0.05) is 17.7 Å². The summed E-state index contributed by atoms with van der Waals surface area (Å²) in [5.74, 6) is -0.405. The molecule has 1 aromatic carbocycles. The minimum atomic E-state index is -0.489. The molecule has 0 saturated carbocycles. The molecule has 4 N–H and O–H groups in total. The Labute approximate surface area is 81.7 Å². The van der Waals surface area contributed by atoms with Crippen molar-refractivity contribution in [1.82, 2.24) is 0 Å². The van der Waals surface area contributed by atoms with Crippen LogP contribution in [0, 0.1) is 5.82 Å². The fraction of sp³-hybridized carbons (Fsp3) is 0.333. The molecule has 0 bridgehead atoms. The van der Waals surface area contributed by atoms with Gasteiger partial charge in [-0.2, -0.15) is 0 Å². The molecular weight excluding hydrogens is 191 g/mol. The molecule has 2 atom stereocenters. The Morgan fingerprint density at radius 3 is 2.46 bits per heavy atom. The minimum absolute atomic E-state index is 0.282. The lowest BCUT2D eigenvalue weighted by Gasteiger charge is -2.16. The fourth-order valence-electron chi connectivity index (χ4n) is 1.06. The second kappa shape index (κ2) is 4.05. The first-order valence-electron chi connectivity index (χ1n) is 3.98. The highest BCUT2D eigenvalue weighted by Gasteiger charge is 2.14. The predicted molar refractivity (Wildman–Crippen MR) is 52.0 cm³/mol. The van der Waals surface area contributed by atoms with E-state index in [4.69, 9.17) is 23.1 Å². The lowest BCUT2D eigenvalue weighted by molar-refractivity contribution is 0.536. The second-order valence-electron chi connectivity index (χ2n) is 3.05. The zero-order valence-electron chi connectivity index (χ0n) is 7.30. The Kier molecular flexibility index (Phi) is 3.25. The van der Waals surface area contributed by atoms with Crippen LogP contribution in [-0.2, 0) is 0 Å². The number of hydrogen-bond acceptors (Lipinski definition) is 2. The van der Waals surface area contributed by atoms with Crippen LogP contribution in [0.4, 0.5) is 4.39 Å². The smallest absolute Gasteiger partial charge is 0.129 e. The van der Waals surface area contributed by atoms with Crippen LogP contribution in [0.2, 0.25) is 5.02 Å². The summed E-state index contributed by atoms with van der Waals surface area (Å²) < 4.78 is 13.2. The Balaban J connectivity index is 3.01. The summed E-state index contributed by atoms with van der Waals surface area (Å²) in [6.07, 6.45) is 0. The third-order valence-corrected chi connectivity index (χ3v) is 2.12. The third-order valence-electron chi connectivity index (χ3n) is 1.89. The van der Waals surface area contributed by atoms with Crippen LogP contribution >= 0.6 is 11.6 Å². The van der Waals surface area contributed by atoms with Gasteiger partial charge in [-0.25, -0.2) is 4.39 Å². The molecule has 0 amide bonds. The van der Waals surface area contributed by atoms with Crippen molar-refractivity contribution in [3.05, 3.63) is 34.6 Å². The summed E-state index contributed by atoms with van der Waals surface area (Å²) in [5, 5.41) is 0.359. The molecule has 0 spiro atoms. The van der Waals surface area contributed by atoms with Gasteiger partial charge < -0.3 is 11.5 Å². The average Bonchev–Trinajstić information content (AvgIpc) is 2.03. The molecule has 0 radical (unpaired) electrons. The van der Waals surface area contributed by atoms with E-state index in [1.807, 2.05) is 0 Å². The summed E-state index contributed by atoms with van der Waals surface area (Å²) in [4.78, 5) is 0. The lowest BCUT2D eigenvalue weighted by atomic mass is 10.0. The molecule has 2 nitrogen and oxygen atoms in total. The standard InChI is InChI=1S/C9H12ClFN2/c1-5(12)9(13)7-3-2-6(10)4-8(7)11/h2-5,9H,12-13H2,1H3. The van der Waals surface area contributed by atoms with Gasteiger partial charge in [0.2, 0.25) is 0 Å². The Bertz CT molecular complexity index is 302. The summed E-state index contributed by atoms with van der Waals surface area (Å²) in [6.45, 7) is 1.73. The highest BCUT2D eigenvalue weighted by Crippen LogP contribution is 2.20. The van der Waals surface area contributed by atoms with Gasteiger partial charge in [-0.15, -0.1) is 0 Å². The van der Waals surface area contributed by atoms with Gasteiger partial charge in [0.05, 0.1) is 0 Å². The SMILES string of the molecule is CC(N)C(N)c1ccc(Cl)cc1F. The highest BCUT2D eigenvalue weighted by molar-refractivity contribution is 6.30. The van der Waals surface area contributed by atoms with Crippen molar-refractivity contribution in [2.24, 2.45) is 11.5 Å². The molecule has 0 heterocycles. The number of nitrogens with two attached hydrogens (primary N) is 2. The monoisotopic (exact) mass is 202 g/mol. The Hall–Kier alpha value is -0.640. The van der Waals surface area contributed by atoms with Gasteiger partial charge in [-0.05, 0) is 19.1 Å². The van der Waals surface area contributed by atoms with Crippen LogP contribution in [0.1, 0.15) is 18.5 Å². The van der Waals surface area contributed by atoms with E-state index in [0.717, 1.165) is 0 Å². The van der Waals surface area contributed by atoms with E-state index < -0.39 is 11.9 Å². The van der Waals surface area contributed by atoms with Crippen LogP contribution in [0.5, 0.6) is 0 Å². The maximum atomic E-state index is 13.2. The summed E-state index contributed by atoms with van der Waals surface area (Å²) in [7, 11) is 0. The molecule has 2 unspecified atom stereocenters. The molecule has 0 fully saturated rings. The van der Waals surface area contributed by atoms with Gasteiger partial charge in [0.15, 0.2) is 0 Å². The van der Waals surface area contributed by atoms with E-state index in [2.05, 4.69) is 0 Å². The van der Waals surface area contributed by atoms with Crippen molar-refractivity contribution >= 4 is 11.6 Å². The molecule has 72 valence electrons. The van der Waals surface area contributed by atoms with Crippen molar-refractivity contribution in [2.75, 3.05) is 0 Å². The van der Waals surface area contributed by atoms with Gasteiger partial charge in [0, 0.05) is 22.7 Å². The maximum absolute atomic E-state index is 13.2. The normalized spacial score (nSPS) is 15.5. The van der Waals surface area contributed by atoms with E-state index in [0.29, 0.717) is 10.6 Å². The lowest BCUT2D eigenvalue weighted by Crippen LogP contribution is -2.31. The average molecular weight is 203 g/mol. The van der Waals surface area contributed by atoms with Crippen LogP contribution in [-0.4, -0.2) is 6.04 Å². The van der Waals surface area contributed by atoms with Crippen molar-refractivity contribution in [2.45, 2.75) is 19.0 Å². The fourth-order valence-corrected chi connectivity index (χ4v) is 1.21. The Morgan fingerprint density at radius 1 is 1.38 bits per heavy atom. The zero-order valence-corrected chi connectivity index (χ0v) is 8.05. The van der Waals surface area contributed by atoms with Crippen molar-refractivity contribution in [3.63, 3.8) is 0 Å². The van der Waals surface area contributed by atoms with Crippen LogP contribution in [0.15, 0.2) is 18.2 Å². The number of hydrogen-bond donors (Lipinski definition) is 2. The molecule has 0 aromatic heterocycles. The van der Waals surface area contributed by atoms with E-state index in [1.54, 1.807) is 19.1 Å². The Morgan fingerprint density at radius 2 is 2.00 bits per heavy atom. The van der Waals surface area contributed by atoms with Crippen molar-refractivity contribution < 1.29 is 4.39 Å². The zero-order chi connectivity index (χ0) is 10.0. The second-order valence-corrected chi connectivity index (χ2v) is 3.49. The molecular formula is C9H12ClFN2. The van der Waals surface area contributed by atoms with Crippen LogP contribution < -0.4 is 11.5 Å². The van der Waals surface area contributed by atoms with E-state index in [-0.39, 0.29) is 6.04 Å². The van der Waals surface area contributed by atoms with Crippen LogP contribution in [0.25, 0.3) is 0 Å². The molecule has 0 aliphatic carbocycles. The van der Waals surface area contributed by atoms with Crippen molar-refractivity contribution in [1.29, 1.82) is 0 Å². The molecule has 0 aliphatic rings. The summed E-state index contributed by atoms with van der Waals surface area (Å²) in [6, 6.07) is 3.63. The van der Waals surface area contributed by atoms with E-state index in [1.165, 1.54) is 6.07 Å². The topological polar surface area (TPSA) is 52.0 Å². The minimum Gasteiger partial charge on any atom is -0.326 e.